The van der Waals surface area contributed by atoms with Gasteiger partial charge in [-0.25, -0.2) is 0 Å². The molecule has 0 fully saturated rings. The number of fused-ring (bicyclic) bond motifs is 3. The zero-order valence-electron chi connectivity index (χ0n) is 15.0. The van der Waals surface area contributed by atoms with E-state index in [-0.39, 0.29) is 0 Å². The van der Waals surface area contributed by atoms with Crippen LogP contribution < -0.4 is 15.0 Å². The monoisotopic (exact) mass is 374 g/mol. The Balaban J connectivity index is 1.70. The van der Waals surface area contributed by atoms with Crippen LogP contribution in [-0.2, 0) is 0 Å². The molecule has 2 heterocycles. The molecule has 0 bridgehead atoms. The maximum atomic E-state index is 5.63. The van der Waals surface area contributed by atoms with E-state index in [0.29, 0.717) is 5.11 Å². The number of nitrogens with zero attached hydrogens (tertiary/aromatic N) is 3. The maximum Gasteiger partial charge on any atom is 0.177 e. The topological polar surface area (TPSA) is 50.3 Å². The van der Waals surface area contributed by atoms with Crippen LogP contribution in [0, 0.1) is 0 Å². The Bertz CT molecular complexity index is 1130. The molecule has 0 atom stereocenters. The molecule has 2 aromatic heterocycles. The van der Waals surface area contributed by atoms with Gasteiger partial charge in [-0.05, 0) is 60.7 Å². The summed E-state index contributed by atoms with van der Waals surface area (Å²) in [7, 11) is 3.58. The summed E-state index contributed by atoms with van der Waals surface area (Å²) in [5, 5.41) is 5.95. The predicted octanol–water partition coefficient (Wildman–Crippen LogP) is 4.62. The van der Waals surface area contributed by atoms with Crippen molar-refractivity contribution in [2.45, 2.75) is 0 Å². The largest absolute Gasteiger partial charge is 0.497 e. The minimum Gasteiger partial charge on any atom is -0.497 e. The second-order valence-corrected chi connectivity index (χ2v) is 6.47. The van der Waals surface area contributed by atoms with E-state index in [4.69, 9.17) is 17.0 Å². The first-order chi connectivity index (χ1) is 13.2. The molecule has 0 amide bonds. The summed E-state index contributed by atoms with van der Waals surface area (Å²) in [6.07, 6.45) is 3.57. The first kappa shape index (κ1) is 17.2. The summed E-state index contributed by atoms with van der Waals surface area (Å²) in [5.74, 6) is 0.809. The molecule has 0 aliphatic rings. The minimum absolute atomic E-state index is 0.579. The quantitative estimate of drug-likeness (QED) is 0.417. The third-order valence-corrected chi connectivity index (χ3v) is 4.84. The van der Waals surface area contributed by atoms with Crippen LogP contribution in [0.5, 0.6) is 5.75 Å². The predicted molar refractivity (Wildman–Crippen MR) is 115 cm³/mol. The fraction of sp³-hybridized carbons (Fsp3) is 0.0952. The highest BCUT2D eigenvalue weighted by Gasteiger charge is 2.12. The lowest BCUT2D eigenvalue weighted by Crippen LogP contribution is -2.30. The first-order valence-electron chi connectivity index (χ1n) is 8.48. The molecule has 1 N–H and O–H groups in total. The van der Waals surface area contributed by atoms with E-state index in [1.165, 1.54) is 0 Å². The molecule has 6 heteroatoms. The number of methoxy groups -OCH3 is 1. The smallest absolute Gasteiger partial charge is 0.177 e. The molecule has 0 radical (unpaired) electrons. The Hall–Kier alpha value is -3.25. The van der Waals surface area contributed by atoms with Gasteiger partial charge in [0.05, 0.1) is 23.8 Å². The molecule has 0 saturated carbocycles. The van der Waals surface area contributed by atoms with Gasteiger partial charge >= 0.3 is 0 Å². The van der Waals surface area contributed by atoms with Gasteiger partial charge in [-0.15, -0.1) is 0 Å². The van der Waals surface area contributed by atoms with Gasteiger partial charge in [0.2, 0.25) is 0 Å². The second kappa shape index (κ2) is 7.17. The molecule has 5 nitrogen and oxygen atoms in total. The van der Waals surface area contributed by atoms with Crippen LogP contribution in [0.3, 0.4) is 0 Å². The highest BCUT2D eigenvalue weighted by atomic mass is 32.1. The highest BCUT2D eigenvalue weighted by Crippen LogP contribution is 2.29. The Labute approximate surface area is 162 Å². The maximum absolute atomic E-state index is 5.63. The number of thiocarbonyl (C=S) groups is 1. The molecule has 0 unspecified atom stereocenters. The standard InChI is InChI=1S/C21H18N4OS/c1-25(15-7-9-16(26-2)10-8-15)21(27)24-18-13-14-5-3-11-22-19(14)17-6-4-12-23-20(17)18/h3-13H,1-2H3,(H,24,27). The molecule has 2 aromatic carbocycles. The lowest BCUT2D eigenvalue weighted by atomic mass is 10.1. The third kappa shape index (κ3) is 3.27. The molecule has 4 rings (SSSR count). The van der Waals surface area contributed by atoms with Crippen molar-refractivity contribution in [2.75, 3.05) is 24.4 Å². The highest BCUT2D eigenvalue weighted by molar-refractivity contribution is 7.80. The van der Waals surface area contributed by atoms with E-state index in [1.54, 1.807) is 19.5 Å². The van der Waals surface area contributed by atoms with Crippen LogP contribution in [0.2, 0.25) is 0 Å². The van der Waals surface area contributed by atoms with Gasteiger partial charge in [-0.1, -0.05) is 6.07 Å². The van der Waals surface area contributed by atoms with Crippen LogP contribution in [0.4, 0.5) is 11.4 Å². The van der Waals surface area contributed by atoms with Crippen molar-refractivity contribution in [3.8, 4) is 5.75 Å². The number of rotatable bonds is 3. The Morgan fingerprint density at radius 2 is 1.70 bits per heavy atom. The molecular weight excluding hydrogens is 356 g/mol. The number of anilines is 2. The van der Waals surface area contributed by atoms with Gasteiger partial charge in [-0.3, -0.25) is 9.97 Å². The number of aromatic nitrogens is 2. The summed E-state index contributed by atoms with van der Waals surface area (Å²) in [6.45, 7) is 0. The van der Waals surface area contributed by atoms with Crippen molar-refractivity contribution in [1.82, 2.24) is 9.97 Å². The van der Waals surface area contributed by atoms with Gasteiger partial charge in [0, 0.05) is 35.9 Å². The average Bonchev–Trinajstić information content (AvgIpc) is 2.73. The van der Waals surface area contributed by atoms with Crippen LogP contribution in [0.1, 0.15) is 0 Å². The zero-order valence-corrected chi connectivity index (χ0v) is 15.8. The summed E-state index contributed by atoms with van der Waals surface area (Å²) < 4.78 is 5.21. The zero-order chi connectivity index (χ0) is 18.8. The number of benzene rings is 2. The van der Waals surface area contributed by atoms with Gasteiger partial charge in [0.1, 0.15) is 5.75 Å². The Morgan fingerprint density at radius 3 is 2.44 bits per heavy atom. The van der Waals surface area contributed by atoms with E-state index in [2.05, 4.69) is 15.3 Å². The molecular formula is C21H18N4OS. The molecule has 134 valence electrons. The fourth-order valence-electron chi connectivity index (χ4n) is 3.01. The fourth-order valence-corrected chi connectivity index (χ4v) is 3.23. The van der Waals surface area contributed by atoms with E-state index in [0.717, 1.165) is 38.9 Å². The molecule has 0 saturated heterocycles. The van der Waals surface area contributed by atoms with E-state index in [9.17, 15) is 0 Å². The number of nitrogens with one attached hydrogen (secondary N) is 1. The molecule has 0 aliphatic heterocycles. The van der Waals surface area contributed by atoms with Gasteiger partial charge in [0.25, 0.3) is 0 Å². The lowest BCUT2D eigenvalue weighted by molar-refractivity contribution is 0.415. The lowest BCUT2D eigenvalue weighted by Gasteiger charge is -2.22. The Kier molecular flexibility index (Phi) is 4.56. The second-order valence-electron chi connectivity index (χ2n) is 6.09. The summed E-state index contributed by atoms with van der Waals surface area (Å²) in [4.78, 5) is 11.0. The summed E-state index contributed by atoms with van der Waals surface area (Å²) in [6, 6.07) is 17.7. The summed E-state index contributed by atoms with van der Waals surface area (Å²) in [5.41, 5.74) is 3.60. The van der Waals surface area contributed by atoms with Crippen molar-refractivity contribution >= 4 is 50.5 Å². The SMILES string of the molecule is COc1ccc(N(C)C(=S)Nc2cc3cccnc3c3cccnc23)cc1. The van der Waals surface area contributed by atoms with Crippen molar-refractivity contribution < 1.29 is 4.74 Å². The van der Waals surface area contributed by atoms with E-state index in [1.807, 2.05) is 66.5 Å². The minimum atomic E-state index is 0.579. The van der Waals surface area contributed by atoms with E-state index < -0.39 is 0 Å². The van der Waals surface area contributed by atoms with Crippen molar-refractivity contribution in [3.63, 3.8) is 0 Å². The van der Waals surface area contributed by atoms with Gasteiger partial charge in [0.15, 0.2) is 5.11 Å². The van der Waals surface area contributed by atoms with Crippen molar-refractivity contribution in [2.24, 2.45) is 0 Å². The van der Waals surface area contributed by atoms with Crippen LogP contribution in [0.25, 0.3) is 21.8 Å². The first-order valence-corrected chi connectivity index (χ1v) is 8.89. The molecule has 4 aromatic rings. The average molecular weight is 374 g/mol. The van der Waals surface area contributed by atoms with Crippen molar-refractivity contribution in [1.29, 1.82) is 0 Å². The van der Waals surface area contributed by atoms with Gasteiger partial charge < -0.3 is 15.0 Å². The van der Waals surface area contributed by atoms with Crippen molar-refractivity contribution in [3.05, 3.63) is 67.0 Å². The van der Waals surface area contributed by atoms with E-state index >= 15 is 0 Å². The number of hydrogen-bond acceptors (Lipinski definition) is 4. The third-order valence-electron chi connectivity index (χ3n) is 4.46. The number of ether oxygens (including phenoxy) is 1. The van der Waals surface area contributed by atoms with Gasteiger partial charge in [-0.2, -0.15) is 0 Å². The number of hydrogen-bond donors (Lipinski definition) is 1. The molecule has 27 heavy (non-hydrogen) atoms. The molecule has 0 aliphatic carbocycles. The van der Waals surface area contributed by atoms with Crippen LogP contribution >= 0.6 is 12.2 Å². The molecule has 0 spiro atoms. The summed E-state index contributed by atoms with van der Waals surface area (Å²) >= 11 is 5.63. The van der Waals surface area contributed by atoms with Crippen LogP contribution in [0.15, 0.2) is 67.0 Å². The van der Waals surface area contributed by atoms with Crippen LogP contribution in [-0.4, -0.2) is 29.2 Å². The number of pyridine rings is 2. The normalized spacial score (nSPS) is 10.7. The Morgan fingerprint density at radius 1 is 1.00 bits per heavy atom.